The van der Waals surface area contributed by atoms with Crippen LogP contribution < -0.4 is 15.4 Å². The number of nitrogens with one attached hydrogen (secondary N) is 2. The SMILES string of the molecule is CN=C(NCc1ccnc(OC2CCC(C)CC2)c1)NCC1CCCO1. The lowest BCUT2D eigenvalue weighted by Crippen LogP contribution is -2.40. The molecule has 1 aliphatic carbocycles. The Hall–Kier alpha value is -1.82. The summed E-state index contributed by atoms with van der Waals surface area (Å²) >= 11 is 0. The molecule has 6 heteroatoms. The number of hydrogen-bond donors (Lipinski definition) is 2. The van der Waals surface area contributed by atoms with Crippen molar-refractivity contribution in [2.24, 2.45) is 10.9 Å². The molecule has 0 bridgehead atoms. The Morgan fingerprint density at radius 1 is 1.27 bits per heavy atom. The Bertz CT molecular complexity index is 579. The third kappa shape index (κ3) is 5.87. The van der Waals surface area contributed by atoms with Gasteiger partial charge >= 0.3 is 0 Å². The number of hydrogen-bond acceptors (Lipinski definition) is 4. The van der Waals surface area contributed by atoms with Crippen molar-refractivity contribution in [3.8, 4) is 5.88 Å². The average molecular weight is 361 g/mol. The summed E-state index contributed by atoms with van der Waals surface area (Å²) < 4.78 is 11.7. The van der Waals surface area contributed by atoms with Crippen LogP contribution in [0.2, 0.25) is 0 Å². The lowest BCUT2D eigenvalue weighted by atomic mass is 9.89. The summed E-state index contributed by atoms with van der Waals surface area (Å²) in [5.41, 5.74) is 1.14. The second-order valence-corrected chi connectivity index (χ2v) is 7.44. The highest BCUT2D eigenvalue weighted by Gasteiger charge is 2.20. The van der Waals surface area contributed by atoms with Crippen LogP contribution in [0, 0.1) is 5.92 Å². The first-order chi connectivity index (χ1) is 12.7. The van der Waals surface area contributed by atoms with Crippen LogP contribution in [0.3, 0.4) is 0 Å². The van der Waals surface area contributed by atoms with E-state index in [1.165, 1.54) is 12.8 Å². The first kappa shape index (κ1) is 19.0. The van der Waals surface area contributed by atoms with Crippen LogP contribution in [-0.2, 0) is 11.3 Å². The molecular weight excluding hydrogens is 328 g/mol. The molecule has 1 atom stereocenters. The summed E-state index contributed by atoms with van der Waals surface area (Å²) in [5, 5.41) is 6.68. The largest absolute Gasteiger partial charge is 0.474 e. The van der Waals surface area contributed by atoms with Gasteiger partial charge in [-0.15, -0.1) is 0 Å². The summed E-state index contributed by atoms with van der Waals surface area (Å²) in [4.78, 5) is 8.66. The van der Waals surface area contributed by atoms with Gasteiger partial charge in [0.1, 0.15) is 6.10 Å². The maximum atomic E-state index is 6.09. The van der Waals surface area contributed by atoms with E-state index in [9.17, 15) is 0 Å². The number of guanidine groups is 1. The quantitative estimate of drug-likeness (QED) is 0.603. The van der Waals surface area contributed by atoms with Crippen LogP contribution in [0.15, 0.2) is 23.3 Å². The van der Waals surface area contributed by atoms with Gasteiger partial charge in [-0.05, 0) is 56.1 Å². The molecule has 6 nitrogen and oxygen atoms in total. The molecule has 0 amide bonds. The maximum absolute atomic E-state index is 6.09. The molecule has 2 aliphatic rings. The van der Waals surface area contributed by atoms with Crippen molar-refractivity contribution in [3.63, 3.8) is 0 Å². The maximum Gasteiger partial charge on any atom is 0.213 e. The topological polar surface area (TPSA) is 67.8 Å². The fraction of sp³-hybridized carbons (Fsp3) is 0.700. The second kappa shape index (κ2) is 9.76. The van der Waals surface area contributed by atoms with Crippen molar-refractivity contribution in [2.75, 3.05) is 20.2 Å². The average Bonchev–Trinajstić information content (AvgIpc) is 3.18. The Balaban J connectivity index is 1.45. The molecule has 1 saturated heterocycles. The third-order valence-electron chi connectivity index (χ3n) is 5.25. The van der Waals surface area contributed by atoms with Crippen LogP contribution in [0.5, 0.6) is 5.88 Å². The van der Waals surface area contributed by atoms with Gasteiger partial charge in [-0.1, -0.05) is 6.92 Å². The lowest BCUT2D eigenvalue weighted by Gasteiger charge is -2.26. The van der Waals surface area contributed by atoms with Gasteiger partial charge in [-0.2, -0.15) is 0 Å². The molecule has 2 N–H and O–H groups in total. The molecule has 1 aliphatic heterocycles. The van der Waals surface area contributed by atoms with Crippen molar-refractivity contribution < 1.29 is 9.47 Å². The lowest BCUT2D eigenvalue weighted by molar-refractivity contribution is 0.114. The van der Waals surface area contributed by atoms with Crippen LogP contribution in [0.25, 0.3) is 0 Å². The first-order valence-electron chi connectivity index (χ1n) is 9.90. The fourth-order valence-corrected chi connectivity index (χ4v) is 3.57. The van der Waals surface area contributed by atoms with Gasteiger partial charge < -0.3 is 20.1 Å². The monoisotopic (exact) mass is 360 g/mol. The van der Waals surface area contributed by atoms with E-state index in [4.69, 9.17) is 9.47 Å². The van der Waals surface area contributed by atoms with E-state index in [2.05, 4.69) is 27.5 Å². The van der Waals surface area contributed by atoms with Gasteiger partial charge in [0.2, 0.25) is 5.88 Å². The standard InChI is InChI=1S/C20H32N4O2/c1-15-5-7-17(8-6-15)26-19-12-16(9-10-22-19)13-23-20(21-2)24-14-18-4-3-11-25-18/h9-10,12,15,17-18H,3-8,11,13-14H2,1-2H3,(H2,21,23,24). The zero-order chi connectivity index (χ0) is 18.2. The van der Waals surface area contributed by atoms with Gasteiger partial charge in [-0.3, -0.25) is 4.99 Å². The van der Waals surface area contributed by atoms with Gasteiger partial charge in [0, 0.05) is 39.0 Å². The number of aliphatic imine (C=N–C) groups is 1. The molecule has 1 aromatic rings. The number of ether oxygens (including phenoxy) is 2. The van der Waals surface area contributed by atoms with E-state index < -0.39 is 0 Å². The van der Waals surface area contributed by atoms with Gasteiger partial charge in [0.05, 0.1) is 6.10 Å². The molecule has 0 radical (unpaired) electrons. The highest BCUT2D eigenvalue weighted by molar-refractivity contribution is 5.79. The molecule has 2 fully saturated rings. The molecule has 144 valence electrons. The molecular formula is C20H32N4O2. The van der Waals surface area contributed by atoms with Crippen LogP contribution in [0.1, 0.15) is 51.0 Å². The van der Waals surface area contributed by atoms with Gasteiger partial charge in [-0.25, -0.2) is 4.98 Å². The van der Waals surface area contributed by atoms with Gasteiger partial charge in [0.25, 0.3) is 0 Å². The number of aromatic nitrogens is 1. The van der Waals surface area contributed by atoms with E-state index in [1.807, 2.05) is 18.3 Å². The molecule has 26 heavy (non-hydrogen) atoms. The predicted molar refractivity (Wildman–Crippen MR) is 103 cm³/mol. The van der Waals surface area contributed by atoms with Crippen molar-refractivity contribution in [2.45, 2.75) is 64.2 Å². The second-order valence-electron chi connectivity index (χ2n) is 7.44. The first-order valence-corrected chi connectivity index (χ1v) is 9.90. The van der Waals surface area contributed by atoms with Crippen molar-refractivity contribution in [3.05, 3.63) is 23.9 Å². The third-order valence-corrected chi connectivity index (χ3v) is 5.25. The fourth-order valence-electron chi connectivity index (χ4n) is 3.57. The minimum Gasteiger partial charge on any atom is -0.474 e. The van der Waals surface area contributed by atoms with Gasteiger partial charge in [0.15, 0.2) is 5.96 Å². The van der Waals surface area contributed by atoms with Crippen LogP contribution in [-0.4, -0.2) is 43.4 Å². The predicted octanol–water partition coefficient (Wildman–Crippen LogP) is 2.88. The highest BCUT2D eigenvalue weighted by Crippen LogP contribution is 2.26. The minimum atomic E-state index is 0.299. The molecule has 0 aromatic carbocycles. The van der Waals surface area contributed by atoms with E-state index in [-0.39, 0.29) is 0 Å². The summed E-state index contributed by atoms with van der Waals surface area (Å²) in [6, 6.07) is 4.04. The van der Waals surface area contributed by atoms with Crippen LogP contribution in [0.4, 0.5) is 0 Å². The zero-order valence-corrected chi connectivity index (χ0v) is 16.0. The van der Waals surface area contributed by atoms with E-state index in [0.717, 1.165) is 62.2 Å². The Morgan fingerprint density at radius 3 is 2.85 bits per heavy atom. The normalized spacial score (nSPS) is 26.5. The van der Waals surface area contributed by atoms with Crippen molar-refractivity contribution >= 4 is 5.96 Å². The van der Waals surface area contributed by atoms with E-state index in [0.29, 0.717) is 18.8 Å². The Kier molecular flexibility index (Phi) is 7.12. The van der Waals surface area contributed by atoms with E-state index >= 15 is 0 Å². The minimum absolute atomic E-state index is 0.299. The van der Waals surface area contributed by atoms with Crippen molar-refractivity contribution in [1.82, 2.24) is 15.6 Å². The highest BCUT2D eigenvalue weighted by atomic mass is 16.5. The summed E-state index contributed by atoms with van der Waals surface area (Å²) in [7, 11) is 1.79. The molecule has 1 aromatic heterocycles. The molecule has 2 heterocycles. The smallest absolute Gasteiger partial charge is 0.213 e. The number of nitrogens with zero attached hydrogens (tertiary/aromatic N) is 2. The summed E-state index contributed by atoms with van der Waals surface area (Å²) in [6.07, 6.45) is 9.46. The van der Waals surface area contributed by atoms with Crippen LogP contribution >= 0.6 is 0 Å². The summed E-state index contributed by atoms with van der Waals surface area (Å²) in [6.45, 7) is 4.68. The number of rotatable bonds is 6. The van der Waals surface area contributed by atoms with E-state index in [1.54, 1.807) is 7.05 Å². The molecule has 1 unspecified atom stereocenters. The van der Waals surface area contributed by atoms with Crippen molar-refractivity contribution in [1.29, 1.82) is 0 Å². The number of pyridine rings is 1. The molecule has 1 saturated carbocycles. The molecule has 3 rings (SSSR count). The Labute approximate surface area is 156 Å². The zero-order valence-electron chi connectivity index (χ0n) is 16.0. The Morgan fingerprint density at radius 2 is 2.12 bits per heavy atom. The summed E-state index contributed by atoms with van der Waals surface area (Å²) in [5.74, 6) is 2.35. The molecule has 0 spiro atoms.